The second kappa shape index (κ2) is 6.76. The lowest BCUT2D eigenvalue weighted by Crippen LogP contribution is -2.27. The van der Waals surface area contributed by atoms with E-state index in [0.717, 1.165) is 26.5 Å². The van der Waals surface area contributed by atoms with Crippen molar-refractivity contribution in [2.24, 2.45) is 0 Å². The van der Waals surface area contributed by atoms with Crippen molar-refractivity contribution in [1.29, 1.82) is 0 Å². The zero-order valence-corrected chi connectivity index (χ0v) is 14.9. The van der Waals surface area contributed by atoms with E-state index in [0.29, 0.717) is 4.91 Å². The third-order valence-corrected chi connectivity index (χ3v) is 4.94. The predicted octanol–water partition coefficient (Wildman–Crippen LogP) is 4.23. The molecule has 1 N–H and O–H groups in total. The summed E-state index contributed by atoms with van der Waals surface area (Å²) in [6.45, 7) is 0.272. The average molecular weight is 437 g/mol. The molecule has 3 rings (SSSR count). The molecule has 1 saturated heterocycles. The van der Waals surface area contributed by atoms with Crippen LogP contribution >= 0.6 is 34.4 Å². The summed E-state index contributed by atoms with van der Waals surface area (Å²) >= 11 is 3.15. The van der Waals surface area contributed by atoms with Crippen LogP contribution in [-0.2, 0) is 11.3 Å². The summed E-state index contributed by atoms with van der Waals surface area (Å²) in [7, 11) is 0. The molecule has 2 aromatic carbocycles. The second-order valence-electron chi connectivity index (χ2n) is 4.99. The van der Waals surface area contributed by atoms with Gasteiger partial charge in [-0.3, -0.25) is 14.5 Å². The van der Waals surface area contributed by atoms with Crippen LogP contribution in [0.5, 0.6) is 5.75 Å². The van der Waals surface area contributed by atoms with E-state index in [4.69, 9.17) is 0 Å². The van der Waals surface area contributed by atoms with Gasteiger partial charge >= 0.3 is 0 Å². The molecule has 0 bridgehead atoms. The van der Waals surface area contributed by atoms with E-state index in [1.54, 1.807) is 30.3 Å². The maximum absolute atomic E-state index is 12.4. The van der Waals surface area contributed by atoms with Crippen molar-refractivity contribution in [3.63, 3.8) is 0 Å². The van der Waals surface area contributed by atoms with Gasteiger partial charge < -0.3 is 5.11 Å². The zero-order valence-electron chi connectivity index (χ0n) is 11.9. The highest BCUT2D eigenvalue weighted by atomic mass is 127. The molecular weight excluding hydrogens is 425 g/mol. The van der Waals surface area contributed by atoms with E-state index in [1.165, 1.54) is 4.90 Å². The topological polar surface area (TPSA) is 57.6 Å². The van der Waals surface area contributed by atoms with Gasteiger partial charge in [-0.25, -0.2) is 0 Å². The first-order valence-electron chi connectivity index (χ1n) is 6.82. The number of hydrogen-bond donors (Lipinski definition) is 1. The van der Waals surface area contributed by atoms with Crippen LogP contribution in [0, 0.1) is 3.57 Å². The van der Waals surface area contributed by atoms with Crippen LogP contribution in [0.4, 0.5) is 4.79 Å². The van der Waals surface area contributed by atoms with Crippen LogP contribution in [0.2, 0.25) is 0 Å². The maximum Gasteiger partial charge on any atom is 0.293 e. The minimum Gasteiger partial charge on any atom is -0.508 e. The fraction of sp³-hybridized carbons (Fsp3) is 0.0588. The minimum atomic E-state index is -0.286. The van der Waals surface area contributed by atoms with Crippen molar-refractivity contribution < 1.29 is 14.7 Å². The Labute approximate surface area is 151 Å². The van der Waals surface area contributed by atoms with Crippen molar-refractivity contribution >= 4 is 51.6 Å². The normalized spacial score (nSPS) is 16.4. The second-order valence-corrected chi connectivity index (χ2v) is 7.22. The molecule has 1 aliphatic heterocycles. The fourth-order valence-corrected chi connectivity index (χ4v) is 3.33. The number of aromatic hydroxyl groups is 1. The van der Waals surface area contributed by atoms with Gasteiger partial charge in [-0.2, -0.15) is 0 Å². The number of benzene rings is 2. The van der Waals surface area contributed by atoms with E-state index in [-0.39, 0.29) is 23.4 Å². The van der Waals surface area contributed by atoms with E-state index >= 15 is 0 Å². The summed E-state index contributed by atoms with van der Waals surface area (Å²) in [4.78, 5) is 26.2. The van der Waals surface area contributed by atoms with Gasteiger partial charge in [0.05, 0.1) is 11.4 Å². The fourth-order valence-electron chi connectivity index (χ4n) is 2.13. The maximum atomic E-state index is 12.4. The minimum absolute atomic E-state index is 0.161. The van der Waals surface area contributed by atoms with Crippen molar-refractivity contribution in [2.75, 3.05) is 0 Å². The van der Waals surface area contributed by atoms with Crippen LogP contribution in [0.25, 0.3) is 6.08 Å². The van der Waals surface area contributed by atoms with Crippen LogP contribution in [0.1, 0.15) is 11.1 Å². The summed E-state index contributed by atoms with van der Waals surface area (Å²) in [5, 5.41) is 9.02. The Bertz CT molecular complexity index is 784. The van der Waals surface area contributed by atoms with Crippen LogP contribution in [-0.4, -0.2) is 21.2 Å². The molecule has 116 valence electrons. The summed E-state index contributed by atoms with van der Waals surface area (Å²) in [6, 6.07) is 14.2. The molecule has 1 heterocycles. The summed E-state index contributed by atoms with van der Waals surface area (Å²) < 4.78 is 1.10. The van der Waals surface area contributed by atoms with Crippen molar-refractivity contribution in [3.05, 3.63) is 68.1 Å². The third-order valence-electron chi connectivity index (χ3n) is 3.32. The number of imide groups is 1. The highest BCUT2D eigenvalue weighted by Crippen LogP contribution is 2.33. The van der Waals surface area contributed by atoms with E-state index in [1.807, 2.05) is 24.3 Å². The Kier molecular flexibility index (Phi) is 4.72. The quantitative estimate of drug-likeness (QED) is 0.577. The Morgan fingerprint density at radius 2 is 1.70 bits per heavy atom. The van der Waals surface area contributed by atoms with Gasteiger partial charge in [0.15, 0.2) is 0 Å². The monoisotopic (exact) mass is 437 g/mol. The number of carbonyl (C=O) groups excluding carboxylic acids is 2. The molecule has 4 nitrogen and oxygen atoms in total. The van der Waals surface area contributed by atoms with Crippen LogP contribution in [0.15, 0.2) is 53.4 Å². The smallest absolute Gasteiger partial charge is 0.293 e. The molecule has 2 aromatic rings. The summed E-state index contributed by atoms with van der Waals surface area (Å²) in [5.41, 5.74) is 1.68. The molecule has 1 aliphatic rings. The summed E-state index contributed by atoms with van der Waals surface area (Å²) in [5.74, 6) is -0.124. The van der Waals surface area contributed by atoms with Gasteiger partial charge in [0.2, 0.25) is 0 Å². The largest absolute Gasteiger partial charge is 0.508 e. The first-order chi connectivity index (χ1) is 11.0. The Morgan fingerprint density at radius 1 is 1.04 bits per heavy atom. The Morgan fingerprint density at radius 3 is 2.35 bits per heavy atom. The number of halogens is 1. The van der Waals surface area contributed by atoms with Crippen LogP contribution in [0.3, 0.4) is 0 Å². The number of amides is 2. The molecule has 0 spiro atoms. The highest BCUT2D eigenvalue weighted by molar-refractivity contribution is 14.1. The number of hydrogen-bond acceptors (Lipinski definition) is 4. The van der Waals surface area contributed by atoms with Gasteiger partial charge in [0, 0.05) is 3.57 Å². The molecule has 6 heteroatoms. The van der Waals surface area contributed by atoms with Gasteiger partial charge in [0.25, 0.3) is 11.1 Å². The molecule has 1 fully saturated rings. The average Bonchev–Trinajstić information content (AvgIpc) is 2.79. The Balaban J connectivity index is 1.79. The number of phenols is 1. The number of thioether (sulfide) groups is 1. The van der Waals surface area contributed by atoms with Crippen molar-refractivity contribution in [1.82, 2.24) is 4.90 Å². The molecule has 0 radical (unpaired) electrons. The van der Waals surface area contributed by atoms with E-state index in [2.05, 4.69) is 22.6 Å². The van der Waals surface area contributed by atoms with Crippen LogP contribution < -0.4 is 0 Å². The third kappa shape index (κ3) is 3.76. The number of rotatable bonds is 3. The standard InChI is InChI=1S/C17H12INO3S/c18-13-5-1-12(2-6-13)10-19-16(21)15(23-17(19)22)9-11-3-7-14(20)8-4-11/h1-9,20H,10H2/b15-9+. The molecule has 23 heavy (non-hydrogen) atoms. The molecule has 2 amide bonds. The predicted molar refractivity (Wildman–Crippen MR) is 98.8 cm³/mol. The molecule has 0 aliphatic carbocycles. The molecule has 0 atom stereocenters. The first kappa shape index (κ1) is 16.1. The zero-order chi connectivity index (χ0) is 16.4. The van der Waals surface area contributed by atoms with Crippen molar-refractivity contribution in [2.45, 2.75) is 6.54 Å². The van der Waals surface area contributed by atoms with Gasteiger partial charge in [-0.1, -0.05) is 24.3 Å². The molecule has 0 saturated carbocycles. The van der Waals surface area contributed by atoms with E-state index in [9.17, 15) is 14.7 Å². The molecule has 0 unspecified atom stereocenters. The van der Waals surface area contributed by atoms with E-state index < -0.39 is 0 Å². The van der Waals surface area contributed by atoms with Gasteiger partial charge in [-0.15, -0.1) is 0 Å². The lowest BCUT2D eigenvalue weighted by Gasteiger charge is -2.12. The molecule has 0 aromatic heterocycles. The van der Waals surface area contributed by atoms with Gasteiger partial charge in [-0.05, 0) is 75.8 Å². The lowest BCUT2D eigenvalue weighted by atomic mass is 10.2. The summed E-state index contributed by atoms with van der Waals surface area (Å²) in [6.07, 6.45) is 1.66. The van der Waals surface area contributed by atoms with Crippen molar-refractivity contribution in [3.8, 4) is 5.75 Å². The SMILES string of the molecule is O=C1S/C(=C/c2ccc(O)cc2)C(=O)N1Cc1ccc(I)cc1. The highest BCUT2D eigenvalue weighted by Gasteiger charge is 2.34. The number of nitrogens with zero attached hydrogens (tertiary/aromatic N) is 1. The number of phenolic OH excluding ortho intramolecular Hbond substituents is 1. The first-order valence-corrected chi connectivity index (χ1v) is 8.71. The molecular formula is C17H12INO3S. The Hall–Kier alpha value is -1.80. The number of carbonyl (C=O) groups is 2. The lowest BCUT2D eigenvalue weighted by molar-refractivity contribution is -0.123. The van der Waals surface area contributed by atoms with Gasteiger partial charge in [0.1, 0.15) is 5.75 Å².